The summed E-state index contributed by atoms with van der Waals surface area (Å²) in [5, 5.41) is 0. The summed E-state index contributed by atoms with van der Waals surface area (Å²) in [7, 11) is 0. The third kappa shape index (κ3) is 2.65. The molecular formula is C18H21N3O2. The summed E-state index contributed by atoms with van der Waals surface area (Å²) in [5.74, 6) is 0.874. The zero-order chi connectivity index (χ0) is 15.8. The second kappa shape index (κ2) is 5.81. The van der Waals surface area contributed by atoms with Crippen molar-refractivity contribution in [3.63, 3.8) is 0 Å². The van der Waals surface area contributed by atoms with Crippen LogP contribution in [-0.4, -0.2) is 40.5 Å². The molecule has 1 aliphatic carbocycles. The van der Waals surface area contributed by atoms with Crippen molar-refractivity contribution in [1.29, 1.82) is 0 Å². The van der Waals surface area contributed by atoms with Crippen LogP contribution in [0.3, 0.4) is 0 Å². The zero-order valence-electron chi connectivity index (χ0n) is 13.3. The van der Waals surface area contributed by atoms with E-state index in [0.717, 1.165) is 29.9 Å². The molecule has 1 atom stereocenters. The van der Waals surface area contributed by atoms with Crippen LogP contribution in [0.4, 0.5) is 0 Å². The summed E-state index contributed by atoms with van der Waals surface area (Å²) in [4.78, 5) is 22.5. The van der Waals surface area contributed by atoms with Crippen LogP contribution >= 0.6 is 0 Å². The van der Waals surface area contributed by atoms with Crippen molar-refractivity contribution in [2.45, 2.75) is 32.2 Å². The molecule has 1 amide bonds. The van der Waals surface area contributed by atoms with Crippen LogP contribution in [0.25, 0.3) is 0 Å². The zero-order valence-corrected chi connectivity index (χ0v) is 13.3. The Balaban J connectivity index is 1.62. The molecule has 1 aliphatic heterocycles. The molecule has 5 nitrogen and oxygen atoms in total. The first-order valence-corrected chi connectivity index (χ1v) is 8.24. The molecule has 0 bridgehead atoms. The van der Waals surface area contributed by atoms with Gasteiger partial charge in [0.15, 0.2) is 0 Å². The molecule has 1 fully saturated rings. The Morgan fingerprint density at radius 1 is 1.35 bits per heavy atom. The molecule has 5 heteroatoms. The number of nitrogens with zero attached hydrogens (tertiary/aromatic N) is 2. The van der Waals surface area contributed by atoms with Gasteiger partial charge in [0.25, 0.3) is 5.91 Å². The molecule has 1 aromatic carbocycles. The molecule has 120 valence electrons. The maximum atomic E-state index is 13.0. The molecule has 1 aromatic heterocycles. The molecule has 1 N–H and O–H groups in total. The van der Waals surface area contributed by atoms with Crippen molar-refractivity contribution in [2.24, 2.45) is 0 Å². The highest BCUT2D eigenvalue weighted by Gasteiger charge is 2.31. The van der Waals surface area contributed by atoms with Crippen LogP contribution in [0.5, 0.6) is 0 Å². The quantitative estimate of drug-likeness (QED) is 0.926. The predicted molar refractivity (Wildman–Crippen MR) is 86.4 cm³/mol. The number of rotatable bonds is 2. The Kier molecular flexibility index (Phi) is 3.65. The minimum Gasteiger partial charge on any atom is -0.377 e. The van der Waals surface area contributed by atoms with Gasteiger partial charge >= 0.3 is 0 Å². The highest BCUT2D eigenvalue weighted by molar-refractivity contribution is 5.95. The third-order valence-corrected chi connectivity index (χ3v) is 4.77. The summed E-state index contributed by atoms with van der Waals surface area (Å²) in [6, 6.07) is 6.01. The van der Waals surface area contributed by atoms with Gasteiger partial charge in [0.1, 0.15) is 11.9 Å². The summed E-state index contributed by atoms with van der Waals surface area (Å²) in [6.45, 7) is 3.63. The van der Waals surface area contributed by atoms with Crippen LogP contribution in [0.15, 0.2) is 24.4 Å². The number of fused-ring (bicyclic) bond motifs is 1. The summed E-state index contributed by atoms with van der Waals surface area (Å²) < 4.78 is 5.58. The van der Waals surface area contributed by atoms with Crippen molar-refractivity contribution >= 4 is 5.91 Å². The van der Waals surface area contributed by atoms with E-state index in [1.807, 2.05) is 17.9 Å². The number of nitrogens with one attached hydrogen (secondary N) is 1. The highest BCUT2D eigenvalue weighted by Crippen LogP contribution is 2.27. The first-order valence-electron chi connectivity index (χ1n) is 8.24. The van der Waals surface area contributed by atoms with Gasteiger partial charge in [-0.05, 0) is 49.4 Å². The summed E-state index contributed by atoms with van der Waals surface area (Å²) in [6.07, 6.45) is 5.21. The Morgan fingerprint density at radius 3 is 3.04 bits per heavy atom. The molecule has 1 saturated heterocycles. The fraction of sp³-hybridized carbons (Fsp3) is 0.444. The molecule has 2 aliphatic rings. The predicted octanol–water partition coefficient (Wildman–Crippen LogP) is 2.42. The lowest BCUT2D eigenvalue weighted by molar-refractivity contribution is -0.00501. The van der Waals surface area contributed by atoms with Gasteiger partial charge in [0.2, 0.25) is 0 Å². The highest BCUT2D eigenvalue weighted by atomic mass is 16.5. The monoisotopic (exact) mass is 311 g/mol. The Bertz CT molecular complexity index is 738. The minimum absolute atomic E-state index is 0.0713. The third-order valence-electron chi connectivity index (χ3n) is 4.77. The van der Waals surface area contributed by atoms with Gasteiger partial charge in [-0.2, -0.15) is 0 Å². The van der Waals surface area contributed by atoms with Crippen molar-refractivity contribution in [2.75, 3.05) is 19.8 Å². The van der Waals surface area contributed by atoms with E-state index in [-0.39, 0.29) is 11.9 Å². The summed E-state index contributed by atoms with van der Waals surface area (Å²) >= 11 is 0. The number of ether oxygens (including phenoxy) is 1. The first kappa shape index (κ1) is 14.5. The van der Waals surface area contributed by atoms with Gasteiger partial charge in [-0.1, -0.05) is 6.07 Å². The second-order valence-corrected chi connectivity index (χ2v) is 6.38. The second-order valence-electron chi connectivity index (χ2n) is 6.38. The van der Waals surface area contributed by atoms with E-state index in [9.17, 15) is 4.79 Å². The molecule has 23 heavy (non-hydrogen) atoms. The normalized spacial score (nSPS) is 20.6. The molecule has 1 unspecified atom stereocenters. The Morgan fingerprint density at radius 2 is 2.22 bits per heavy atom. The number of H-pyrrole nitrogens is 1. The Labute approximate surface area is 135 Å². The smallest absolute Gasteiger partial charge is 0.254 e. The first-order chi connectivity index (χ1) is 11.2. The lowest BCUT2D eigenvalue weighted by atomic mass is 10.0. The molecule has 2 heterocycles. The molecule has 2 aromatic rings. The molecular weight excluding hydrogens is 290 g/mol. The van der Waals surface area contributed by atoms with Crippen LogP contribution in [0.1, 0.15) is 45.5 Å². The van der Waals surface area contributed by atoms with Crippen LogP contribution in [-0.2, 0) is 17.6 Å². The number of imidazole rings is 1. The number of carbonyl (C=O) groups is 1. The SMILES string of the molecule is Cc1cnc(C2COCCN2C(=O)c2ccc3c(c2)CCC3)[nH]1. The van der Waals surface area contributed by atoms with Crippen molar-refractivity contribution in [3.05, 3.63) is 52.6 Å². The number of benzene rings is 1. The van der Waals surface area contributed by atoms with Gasteiger partial charge in [0, 0.05) is 24.0 Å². The molecule has 0 radical (unpaired) electrons. The van der Waals surface area contributed by atoms with Gasteiger partial charge in [0.05, 0.1) is 13.2 Å². The van der Waals surface area contributed by atoms with E-state index in [4.69, 9.17) is 4.74 Å². The average molecular weight is 311 g/mol. The van der Waals surface area contributed by atoms with E-state index >= 15 is 0 Å². The number of amides is 1. The van der Waals surface area contributed by atoms with Gasteiger partial charge < -0.3 is 14.6 Å². The van der Waals surface area contributed by atoms with E-state index in [2.05, 4.69) is 22.1 Å². The fourth-order valence-electron chi connectivity index (χ4n) is 3.55. The number of hydrogen-bond acceptors (Lipinski definition) is 3. The largest absolute Gasteiger partial charge is 0.377 e. The maximum absolute atomic E-state index is 13.0. The average Bonchev–Trinajstić information content (AvgIpc) is 3.22. The molecule has 0 spiro atoms. The minimum atomic E-state index is -0.141. The lowest BCUT2D eigenvalue weighted by Gasteiger charge is -2.34. The summed E-state index contributed by atoms with van der Waals surface area (Å²) in [5.41, 5.74) is 4.49. The van der Waals surface area contributed by atoms with Crippen molar-refractivity contribution < 1.29 is 9.53 Å². The lowest BCUT2D eigenvalue weighted by Crippen LogP contribution is -2.43. The number of hydrogen-bond donors (Lipinski definition) is 1. The topological polar surface area (TPSA) is 58.2 Å². The number of aromatic amines is 1. The number of morpholine rings is 1. The number of aromatic nitrogens is 2. The van der Waals surface area contributed by atoms with E-state index in [1.54, 1.807) is 6.20 Å². The van der Waals surface area contributed by atoms with Crippen molar-refractivity contribution in [1.82, 2.24) is 14.9 Å². The van der Waals surface area contributed by atoms with Gasteiger partial charge in [-0.25, -0.2) is 4.98 Å². The van der Waals surface area contributed by atoms with E-state index in [1.165, 1.54) is 17.5 Å². The van der Waals surface area contributed by atoms with Crippen molar-refractivity contribution in [3.8, 4) is 0 Å². The van der Waals surface area contributed by atoms with E-state index < -0.39 is 0 Å². The number of aryl methyl sites for hydroxylation is 3. The Hall–Kier alpha value is -2.14. The van der Waals surface area contributed by atoms with Gasteiger partial charge in [-0.3, -0.25) is 4.79 Å². The molecule has 0 saturated carbocycles. The van der Waals surface area contributed by atoms with Crippen LogP contribution in [0.2, 0.25) is 0 Å². The molecule has 4 rings (SSSR count). The fourth-order valence-corrected chi connectivity index (χ4v) is 3.55. The van der Waals surface area contributed by atoms with E-state index in [0.29, 0.717) is 19.8 Å². The standard InChI is InChI=1S/C18H21N3O2/c1-12-10-19-17(20-12)16-11-23-8-7-21(16)18(22)15-6-5-13-3-2-4-14(13)9-15/h5-6,9-10,16H,2-4,7-8,11H2,1H3,(H,19,20). The van der Waals surface area contributed by atoms with Gasteiger partial charge in [-0.15, -0.1) is 0 Å². The maximum Gasteiger partial charge on any atom is 0.254 e. The van der Waals surface area contributed by atoms with Crippen LogP contribution < -0.4 is 0 Å². The van der Waals surface area contributed by atoms with Crippen LogP contribution in [0, 0.1) is 6.92 Å². The number of carbonyl (C=O) groups excluding carboxylic acids is 1.